The summed E-state index contributed by atoms with van der Waals surface area (Å²) in [5, 5.41) is 54.2. The molecule has 8 aromatic heterocycles. The van der Waals surface area contributed by atoms with E-state index in [9.17, 15) is 29.4 Å². The number of imidazole rings is 4. The maximum Gasteiger partial charge on any atom is 0.488 e. The Hall–Kier alpha value is -6.39. The lowest BCUT2D eigenvalue weighted by molar-refractivity contribution is 0.0781. The number of benzene rings is 2. The fraction of sp³-hybridized carbons (Fsp3) is 0.478. The molecule has 526 valence electrons. The van der Waals surface area contributed by atoms with Gasteiger partial charge in [-0.05, 0) is 157 Å². The van der Waals surface area contributed by atoms with Crippen LogP contribution in [0.25, 0.3) is 55.9 Å². The normalized spacial score (nSPS) is 12.1. The molecule has 28 heteroatoms. The van der Waals surface area contributed by atoms with E-state index in [4.69, 9.17) is 59.9 Å². The molecule has 0 radical (unpaired) electrons. The van der Waals surface area contributed by atoms with Crippen LogP contribution in [0.1, 0.15) is 133 Å². The van der Waals surface area contributed by atoms with Crippen molar-refractivity contribution in [1.29, 1.82) is 0 Å². The summed E-state index contributed by atoms with van der Waals surface area (Å²) < 4.78 is 14.4. The molecule has 22 nitrogen and oxygen atoms in total. The van der Waals surface area contributed by atoms with Gasteiger partial charge in [0.25, 0.3) is 0 Å². The van der Waals surface area contributed by atoms with Gasteiger partial charge in [-0.2, -0.15) is 0 Å². The Bertz CT molecular complexity index is 4570. The van der Waals surface area contributed by atoms with Gasteiger partial charge in [0.05, 0.1) is 33.4 Å². The van der Waals surface area contributed by atoms with Gasteiger partial charge in [0.1, 0.15) is 21.0 Å². The number of nitrogens with zero attached hydrogens (tertiary/aromatic N) is 12. The van der Waals surface area contributed by atoms with Gasteiger partial charge in [-0.3, -0.25) is 36.5 Å². The molecule has 0 atom stereocenters. The quantitative estimate of drug-likeness (QED) is 0.0469. The number of halogens is 4. The largest absolute Gasteiger partial charge is 0.488 e. The number of rotatable bonds is 8. The van der Waals surface area contributed by atoms with Gasteiger partial charge in [0.15, 0.2) is 22.6 Å². The molecule has 0 saturated carbocycles. The Kier molecular flexibility index (Phi) is 26.3. The van der Waals surface area contributed by atoms with E-state index in [1.165, 1.54) is 11.4 Å². The predicted octanol–water partition coefficient (Wildman–Crippen LogP) is 10.9. The number of hydrogen-bond donors (Lipinski definition) is 6. The van der Waals surface area contributed by atoms with Gasteiger partial charge < -0.3 is 30.3 Å². The topological polar surface area (TPSA) is 281 Å². The van der Waals surface area contributed by atoms with E-state index in [0.717, 1.165) is 53.6 Å². The van der Waals surface area contributed by atoms with Crippen LogP contribution < -0.4 is 28.2 Å². The summed E-state index contributed by atoms with van der Waals surface area (Å²) in [6.45, 7) is 40.0. The average Bonchev–Trinajstić information content (AvgIpc) is 1.64. The smallest absolute Gasteiger partial charge is 0.427 e. The van der Waals surface area contributed by atoms with Crippen LogP contribution >= 0.6 is 57.4 Å². The first kappa shape index (κ1) is 81.3. The molecule has 10 rings (SSSR count). The maximum absolute atomic E-state index is 12.8. The fourth-order valence-corrected chi connectivity index (χ4v) is 12.1. The molecule has 10 aromatic rings. The molecule has 2 aromatic carbocycles. The van der Waals surface area contributed by atoms with Crippen LogP contribution in [0.3, 0.4) is 0 Å². The molecule has 0 aliphatic carbocycles. The molecule has 6 N–H and O–H groups in total. The molecule has 97 heavy (non-hydrogen) atoms. The lowest BCUT2D eigenvalue weighted by Gasteiger charge is -2.19. The van der Waals surface area contributed by atoms with Crippen molar-refractivity contribution in [2.45, 2.75) is 169 Å². The van der Waals surface area contributed by atoms with Crippen LogP contribution in [0.15, 0.2) is 98.0 Å². The Morgan fingerprint density at radius 2 is 0.794 bits per heavy atom. The number of aliphatic hydroxyl groups is 2. The van der Waals surface area contributed by atoms with Crippen LogP contribution in [0.4, 0.5) is 0 Å². The van der Waals surface area contributed by atoms with Crippen molar-refractivity contribution in [3.8, 4) is 11.3 Å². The molecule has 0 bridgehead atoms. The van der Waals surface area contributed by atoms with Crippen LogP contribution in [-0.4, -0.2) is 101 Å². The third-order valence-corrected chi connectivity index (χ3v) is 16.2. The Labute approximate surface area is 596 Å². The van der Waals surface area contributed by atoms with E-state index in [0.29, 0.717) is 75.3 Å². The van der Waals surface area contributed by atoms with Gasteiger partial charge in [-0.15, -0.1) is 0 Å². The van der Waals surface area contributed by atoms with E-state index < -0.39 is 25.4 Å². The summed E-state index contributed by atoms with van der Waals surface area (Å²) in [5.74, 6) is 0. The van der Waals surface area contributed by atoms with E-state index in [2.05, 4.69) is 121 Å². The molecule has 8 heterocycles. The van der Waals surface area contributed by atoms with Crippen molar-refractivity contribution < 1.29 is 30.3 Å². The highest BCUT2D eigenvalue weighted by Gasteiger charge is 2.26. The van der Waals surface area contributed by atoms with Crippen LogP contribution in [-0.2, 0) is 65.6 Å². The summed E-state index contributed by atoms with van der Waals surface area (Å²) in [6, 6.07) is 23.5. The summed E-state index contributed by atoms with van der Waals surface area (Å²) in [5.41, 5.74) is 9.71. The summed E-state index contributed by atoms with van der Waals surface area (Å²) in [7, 11) is 4.29. The van der Waals surface area contributed by atoms with Gasteiger partial charge in [-0.1, -0.05) is 160 Å². The first-order valence-corrected chi connectivity index (χ1v) is 33.8. The molecule has 0 spiro atoms. The molecular weight excluding hydrogens is 1410 g/mol. The maximum atomic E-state index is 12.8. The number of hydrogen-bond acceptors (Lipinski definition) is 14. The first-order chi connectivity index (χ1) is 44.2. The van der Waals surface area contributed by atoms with Crippen molar-refractivity contribution in [2.24, 2.45) is 49.9 Å². The molecule has 0 amide bonds. The predicted molar refractivity (Wildman–Crippen MR) is 403 cm³/mol. The fourth-order valence-electron chi connectivity index (χ4n) is 10.5. The van der Waals surface area contributed by atoms with Crippen molar-refractivity contribution in [1.82, 2.24) is 56.5 Å². The molecule has 0 unspecified atom stereocenters. The minimum Gasteiger partial charge on any atom is -0.427 e. The monoisotopic (exact) mass is 1510 g/mol. The third kappa shape index (κ3) is 21.6. The Morgan fingerprint density at radius 1 is 0.443 bits per heavy atom. The minimum atomic E-state index is -1.48. The first-order valence-electron chi connectivity index (χ1n) is 31.5. The Balaban J connectivity index is 0.000000220. The van der Waals surface area contributed by atoms with Crippen molar-refractivity contribution >= 4 is 122 Å². The summed E-state index contributed by atoms with van der Waals surface area (Å²) in [4.78, 5) is 67.0. The van der Waals surface area contributed by atoms with E-state index in [1.807, 2.05) is 54.8 Å². The SMILES string of the molecule is CB(O)O.CC(C)(O)c1cccc(B(O)O)c1.Cc1cc(-c2cccc(C(C)(C)O)c2)nc2c1n(CC(C)(C)C)c(=O)n2C.Cc1cc(Cl)nc2c1n(CC(C)(C)C)c(=O)n2C.Cn1c(=O)n(CC(C)(C)C)c2c(I)cc(Cl)nc21.Cn1c(=O)n(CC(C)(C)C)c2ccc(Cl)nc21. The number of aryl methyl sites for hydroxylation is 6. The van der Waals surface area contributed by atoms with Crippen molar-refractivity contribution in [2.75, 3.05) is 0 Å². The third-order valence-electron chi connectivity index (χ3n) is 14.7. The highest BCUT2D eigenvalue weighted by atomic mass is 127. The zero-order valence-corrected chi connectivity index (χ0v) is 64.6. The van der Waals surface area contributed by atoms with Gasteiger partial charge in [0, 0.05) is 63.5 Å². The van der Waals surface area contributed by atoms with Crippen LogP contribution in [0, 0.1) is 39.1 Å². The second-order valence-electron chi connectivity index (χ2n) is 30.3. The number of pyridine rings is 4. The van der Waals surface area contributed by atoms with E-state index in [1.54, 1.807) is 126 Å². The zero-order valence-electron chi connectivity index (χ0n) is 60.2. The summed E-state index contributed by atoms with van der Waals surface area (Å²) >= 11 is 19.9. The molecular formula is C69H96B2Cl3IN12O10. The van der Waals surface area contributed by atoms with Gasteiger partial charge >= 0.3 is 37.0 Å². The molecule has 0 aliphatic rings. The van der Waals surface area contributed by atoms with E-state index in [-0.39, 0.29) is 44.4 Å². The van der Waals surface area contributed by atoms with Gasteiger partial charge in [-0.25, -0.2) is 39.1 Å². The van der Waals surface area contributed by atoms with Crippen molar-refractivity contribution in [3.63, 3.8) is 0 Å². The lowest BCUT2D eigenvalue weighted by atomic mass is 9.78. The second kappa shape index (κ2) is 31.4. The highest BCUT2D eigenvalue weighted by Crippen LogP contribution is 2.31. The van der Waals surface area contributed by atoms with Crippen LogP contribution in [0.2, 0.25) is 22.3 Å². The van der Waals surface area contributed by atoms with Gasteiger partial charge in [0.2, 0.25) is 0 Å². The molecule has 0 aliphatic heterocycles. The number of fused-ring (bicyclic) bond motifs is 4. The molecule has 0 saturated heterocycles. The Morgan fingerprint density at radius 3 is 1.23 bits per heavy atom. The highest BCUT2D eigenvalue weighted by molar-refractivity contribution is 14.1. The van der Waals surface area contributed by atoms with E-state index >= 15 is 0 Å². The standard InChI is InChI=1S/C22H29N3O2.C13H18ClN3O.C12H15ClIN3O.C12H16ClN3O.C9H13BO3.CH5BO2/c1-14-11-17(15-9-8-10-16(12-15)22(5,6)27)23-19-18(14)25(13-21(2,3)4)20(26)24(19)7;1-8-6-9(14)15-11-10(8)17(7-13(2,3)4)12(18)16(11)5;1-12(2,3)6-17-9-7(14)5-8(13)15-10(9)16(4)11(17)18;1-12(2,3)7-16-8-5-6-9(13)14-10(8)15(4)11(16)17;1-9(2,11)7-4-3-5-8(6-7)10(12)13;1-2(3)4/h8-12,27H,13H2,1-7H3;6H,7H2,1-5H3;5H,6H2,1-4H3;5-6H,7H2,1-4H3;3-6,11-13H,1-2H3;3-4H,1H3. The van der Waals surface area contributed by atoms with Crippen LogP contribution in [0.5, 0.6) is 0 Å². The minimum absolute atomic E-state index is 0.00966. The molecule has 0 fully saturated rings. The number of aromatic nitrogens is 12. The lowest BCUT2D eigenvalue weighted by Crippen LogP contribution is -2.31. The second-order valence-corrected chi connectivity index (χ2v) is 32.6. The average molecular weight is 1510 g/mol. The summed E-state index contributed by atoms with van der Waals surface area (Å²) in [6.07, 6.45) is 0. The van der Waals surface area contributed by atoms with Crippen molar-refractivity contribution in [3.05, 3.63) is 162 Å². The zero-order chi connectivity index (χ0) is 73.9.